The van der Waals surface area contributed by atoms with Crippen LogP contribution in [-0.4, -0.2) is 57.1 Å². The molecule has 0 atom stereocenters. The van der Waals surface area contributed by atoms with E-state index in [1.807, 2.05) is 0 Å². The molecular formula is C13H15N3O6. The number of aromatic carboxylic acids is 1. The minimum absolute atomic E-state index is 0.227. The number of hydrogen-bond donors (Lipinski definition) is 3. The van der Waals surface area contributed by atoms with Crippen molar-refractivity contribution >= 4 is 17.8 Å². The number of aromatic nitrogens is 1. The Hall–Kier alpha value is -2.84. The van der Waals surface area contributed by atoms with Gasteiger partial charge in [-0.1, -0.05) is 0 Å². The minimum atomic E-state index is -1.46. The van der Waals surface area contributed by atoms with Gasteiger partial charge in [-0.2, -0.15) is 0 Å². The fourth-order valence-electron chi connectivity index (χ4n) is 2.26. The highest BCUT2D eigenvalue weighted by Gasteiger charge is 2.30. The summed E-state index contributed by atoms with van der Waals surface area (Å²) >= 11 is 0. The Labute approximate surface area is 124 Å². The van der Waals surface area contributed by atoms with Crippen LogP contribution >= 0.6 is 0 Å². The number of carbonyl (C=O) groups excluding carboxylic acids is 2. The van der Waals surface area contributed by atoms with Crippen molar-refractivity contribution in [3.8, 4) is 5.75 Å². The van der Waals surface area contributed by atoms with Crippen molar-refractivity contribution in [3.63, 3.8) is 0 Å². The Morgan fingerprint density at radius 2 is 2.00 bits per heavy atom. The predicted molar refractivity (Wildman–Crippen MR) is 73.9 cm³/mol. The van der Waals surface area contributed by atoms with E-state index in [0.29, 0.717) is 0 Å². The number of amides is 2. The van der Waals surface area contributed by atoms with Gasteiger partial charge in [-0.05, 0) is 0 Å². The number of aromatic hydroxyl groups is 1. The maximum Gasteiger partial charge on any atom is 0.341 e. The number of rotatable bonds is 4. The number of carboxylic acid groups (broad SMARTS) is 1. The van der Waals surface area contributed by atoms with Crippen molar-refractivity contribution in [2.24, 2.45) is 0 Å². The average Bonchev–Trinajstić information content (AvgIpc) is 2.44. The quantitative estimate of drug-likeness (QED) is 0.643. The maximum absolute atomic E-state index is 12.3. The first kappa shape index (κ1) is 15.5. The highest BCUT2D eigenvalue weighted by molar-refractivity contribution is 5.97. The number of carbonyl (C=O) groups is 3. The second kappa shape index (κ2) is 5.88. The average molecular weight is 309 g/mol. The molecule has 0 saturated heterocycles. The van der Waals surface area contributed by atoms with Crippen LogP contribution in [0.2, 0.25) is 0 Å². The van der Waals surface area contributed by atoms with Gasteiger partial charge in [0.2, 0.25) is 11.3 Å². The monoisotopic (exact) mass is 309 g/mol. The molecule has 0 aliphatic carbocycles. The Balaban J connectivity index is 2.31. The van der Waals surface area contributed by atoms with E-state index in [-0.39, 0.29) is 37.8 Å². The molecule has 2 rings (SSSR count). The molecule has 1 aromatic rings. The van der Waals surface area contributed by atoms with E-state index < -0.39 is 28.6 Å². The lowest BCUT2D eigenvalue weighted by atomic mass is 10.1. The summed E-state index contributed by atoms with van der Waals surface area (Å²) in [7, 11) is 0. The molecular weight excluding hydrogens is 294 g/mol. The Morgan fingerprint density at radius 1 is 1.32 bits per heavy atom. The number of nitrogens with one attached hydrogen (secondary N) is 1. The fraction of sp³-hybridized carbons (Fsp3) is 0.385. The molecule has 1 aliphatic rings. The van der Waals surface area contributed by atoms with Crippen molar-refractivity contribution in [3.05, 3.63) is 27.7 Å². The fourth-order valence-corrected chi connectivity index (χ4v) is 2.26. The maximum atomic E-state index is 12.3. The van der Waals surface area contributed by atoms with Crippen LogP contribution in [0.4, 0.5) is 0 Å². The molecule has 118 valence electrons. The number of fused-ring (bicyclic) bond motifs is 1. The Bertz CT molecular complexity index is 708. The molecule has 0 radical (unpaired) electrons. The summed E-state index contributed by atoms with van der Waals surface area (Å²) in [5.41, 5.74) is -1.90. The first-order valence-corrected chi connectivity index (χ1v) is 6.56. The lowest BCUT2D eigenvalue weighted by Gasteiger charge is -2.30. The van der Waals surface area contributed by atoms with Crippen molar-refractivity contribution in [2.75, 3.05) is 19.6 Å². The van der Waals surface area contributed by atoms with Crippen molar-refractivity contribution in [1.29, 1.82) is 0 Å². The van der Waals surface area contributed by atoms with Gasteiger partial charge >= 0.3 is 5.97 Å². The van der Waals surface area contributed by atoms with E-state index in [1.165, 1.54) is 16.4 Å². The molecule has 1 aliphatic heterocycles. The van der Waals surface area contributed by atoms with Crippen LogP contribution in [-0.2, 0) is 11.3 Å². The number of carboxylic acids is 1. The van der Waals surface area contributed by atoms with Gasteiger partial charge in [0.15, 0.2) is 11.4 Å². The summed E-state index contributed by atoms with van der Waals surface area (Å²) in [6.07, 6.45) is 1.06. The summed E-state index contributed by atoms with van der Waals surface area (Å²) in [4.78, 5) is 47.2. The lowest BCUT2D eigenvalue weighted by molar-refractivity contribution is -0.119. The van der Waals surface area contributed by atoms with Crippen LogP contribution in [0, 0.1) is 0 Å². The number of nitrogens with zero attached hydrogens (tertiary/aromatic N) is 2. The summed E-state index contributed by atoms with van der Waals surface area (Å²) < 4.78 is 1.26. The van der Waals surface area contributed by atoms with E-state index in [9.17, 15) is 24.3 Å². The van der Waals surface area contributed by atoms with E-state index in [1.54, 1.807) is 0 Å². The first-order valence-electron chi connectivity index (χ1n) is 6.56. The zero-order valence-corrected chi connectivity index (χ0v) is 11.8. The minimum Gasteiger partial charge on any atom is -0.503 e. The SMILES string of the molecule is CC(=O)NCCN1CCn2cc(C(=O)O)c(=O)c(O)c2C1=O. The third-order valence-corrected chi connectivity index (χ3v) is 3.34. The van der Waals surface area contributed by atoms with Gasteiger partial charge in [-0.15, -0.1) is 0 Å². The zero-order chi connectivity index (χ0) is 16.4. The Kier molecular flexibility index (Phi) is 4.15. The molecule has 0 aromatic carbocycles. The second-order valence-corrected chi connectivity index (χ2v) is 4.84. The molecule has 1 aromatic heterocycles. The van der Waals surface area contributed by atoms with Crippen LogP contribution < -0.4 is 10.7 Å². The molecule has 9 nitrogen and oxygen atoms in total. The van der Waals surface area contributed by atoms with Gasteiger partial charge in [-0.3, -0.25) is 14.4 Å². The topological polar surface area (TPSA) is 129 Å². The standard InChI is InChI=1S/C13H15N3O6/c1-7(17)14-2-3-15-4-5-16-6-8(13(21)22)10(18)11(19)9(16)12(15)20/h6,19H,2-5H2,1H3,(H,14,17)(H,21,22). The largest absolute Gasteiger partial charge is 0.503 e. The van der Waals surface area contributed by atoms with Crippen LogP contribution in [0.1, 0.15) is 27.8 Å². The molecule has 0 unspecified atom stereocenters. The lowest BCUT2D eigenvalue weighted by Crippen LogP contribution is -2.45. The molecule has 2 amide bonds. The summed E-state index contributed by atoms with van der Waals surface area (Å²) in [5, 5.41) is 21.3. The van der Waals surface area contributed by atoms with Crippen molar-refractivity contribution in [2.45, 2.75) is 13.5 Å². The zero-order valence-electron chi connectivity index (χ0n) is 11.8. The summed E-state index contributed by atoms with van der Waals surface area (Å²) in [6, 6.07) is 0. The molecule has 0 bridgehead atoms. The van der Waals surface area contributed by atoms with E-state index in [2.05, 4.69) is 5.32 Å². The third-order valence-electron chi connectivity index (χ3n) is 3.34. The predicted octanol–water partition coefficient (Wildman–Crippen LogP) is -1.16. The van der Waals surface area contributed by atoms with E-state index in [4.69, 9.17) is 5.11 Å². The number of pyridine rings is 1. The van der Waals surface area contributed by atoms with Gasteiger partial charge < -0.3 is 25.0 Å². The van der Waals surface area contributed by atoms with Crippen molar-refractivity contribution < 1.29 is 24.6 Å². The van der Waals surface area contributed by atoms with Crippen LogP contribution in [0.5, 0.6) is 5.75 Å². The molecule has 0 saturated carbocycles. The smallest absolute Gasteiger partial charge is 0.341 e. The van der Waals surface area contributed by atoms with Crippen LogP contribution in [0.15, 0.2) is 11.0 Å². The molecule has 22 heavy (non-hydrogen) atoms. The van der Waals surface area contributed by atoms with E-state index >= 15 is 0 Å². The Morgan fingerprint density at radius 3 is 2.59 bits per heavy atom. The van der Waals surface area contributed by atoms with E-state index in [0.717, 1.165) is 6.20 Å². The molecule has 2 heterocycles. The third kappa shape index (κ3) is 2.78. The van der Waals surface area contributed by atoms with Gasteiger partial charge in [0, 0.05) is 39.3 Å². The highest BCUT2D eigenvalue weighted by atomic mass is 16.4. The van der Waals surface area contributed by atoms with Gasteiger partial charge in [-0.25, -0.2) is 4.79 Å². The van der Waals surface area contributed by atoms with Gasteiger partial charge in [0.05, 0.1) is 0 Å². The molecule has 3 N–H and O–H groups in total. The van der Waals surface area contributed by atoms with Gasteiger partial charge in [0.25, 0.3) is 5.91 Å². The highest BCUT2D eigenvalue weighted by Crippen LogP contribution is 2.20. The van der Waals surface area contributed by atoms with Crippen LogP contribution in [0.25, 0.3) is 0 Å². The molecule has 0 fully saturated rings. The summed E-state index contributed by atoms with van der Waals surface area (Å²) in [6.45, 7) is 2.36. The van der Waals surface area contributed by atoms with Crippen molar-refractivity contribution in [1.82, 2.24) is 14.8 Å². The first-order chi connectivity index (χ1) is 10.3. The van der Waals surface area contributed by atoms with Crippen LogP contribution in [0.3, 0.4) is 0 Å². The van der Waals surface area contributed by atoms with Gasteiger partial charge in [0.1, 0.15) is 5.56 Å². The number of hydrogen-bond acceptors (Lipinski definition) is 5. The molecule has 0 spiro atoms. The molecule has 9 heteroatoms. The normalized spacial score (nSPS) is 13.7. The summed E-state index contributed by atoms with van der Waals surface area (Å²) in [5.74, 6) is -3.14. The second-order valence-electron chi connectivity index (χ2n) is 4.84.